The maximum atomic E-state index is 10.8. The first-order chi connectivity index (χ1) is 7.27. The van der Waals surface area contributed by atoms with Gasteiger partial charge in [-0.2, -0.15) is 0 Å². The Kier molecular flexibility index (Phi) is 4.84. The predicted octanol–water partition coefficient (Wildman–Crippen LogP) is 1.83. The minimum absolute atomic E-state index is 0.291. The third-order valence-corrected chi connectivity index (χ3v) is 2.23. The summed E-state index contributed by atoms with van der Waals surface area (Å²) in [5.74, 6) is 0.621. The van der Waals surface area contributed by atoms with Gasteiger partial charge in [0, 0.05) is 0 Å². The van der Waals surface area contributed by atoms with Gasteiger partial charge in [0.2, 0.25) is 0 Å². The molecule has 0 atom stereocenters. The van der Waals surface area contributed by atoms with Gasteiger partial charge in [-0.05, 0) is 37.4 Å². The van der Waals surface area contributed by atoms with Gasteiger partial charge in [-0.1, -0.05) is 18.2 Å². The lowest BCUT2D eigenvalue weighted by molar-refractivity contribution is 0.0601. The molecule has 15 heavy (non-hydrogen) atoms. The average molecular weight is 207 g/mol. The zero-order chi connectivity index (χ0) is 11.1. The molecule has 0 spiro atoms. The second kappa shape index (κ2) is 6.19. The molecule has 2 N–H and O–H groups in total. The Morgan fingerprint density at radius 1 is 1.40 bits per heavy atom. The molecule has 0 saturated heterocycles. The van der Waals surface area contributed by atoms with Crippen LogP contribution in [0, 0.1) is 5.92 Å². The molecule has 0 aromatic heterocycles. The van der Waals surface area contributed by atoms with Gasteiger partial charge >= 0.3 is 5.97 Å². The number of rotatable bonds is 2. The number of ether oxygens (including phenoxy) is 1. The Morgan fingerprint density at radius 2 is 2.00 bits per heavy atom. The van der Waals surface area contributed by atoms with E-state index in [9.17, 15) is 4.79 Å². The predicted molar refractivity (Wildman–Crippen MR) is 59.6 cm³/mol. The van der Waals surface area contributed by atoms with Gasteiger partial charge < -0.3 is 10.5 Å². The van der Waals surface area contributed by atoms with Crippen molar-refractivity contribution in [1.29, 1.82) is 0 Å². The molecule has 1 aliphatic rings. The number of nitrogens with two attached hydrogens (primary N) is 1. The van der Waals surface area contributed by atoms with E-state index in [4.69, 9.17) is 5.73 Å². The van der Waals surface area contributed by atoms with Gasteiger partial charge in [-0.15, -0.1) is 0 Å². The highest BCUT2D eigenvalue weighted by molar-refractivity contribution is 5.89. The van der Waals surface area contributed by atoms with Crippen LogP contribution in [0.25, 0.3) is 0 Å². The number of carbonyl (C=O) groups excluding carboxylic acids is 1. The summed E-state index contributed by atoms with van der Waals surface area (Å²) in [6.07, 6.45) is 2.77. The third kappa shape index (κ3) is 4.61. The Bertz CT molecular complexity index is 294. The van der Waals surface area contributed by atoms with Crippen LogP contribution in [0.5, 0.6) is 0 Å². The Morgan fingerprint density at radius 3 is 2.33 bits per heavy atom. The fourth-order valence-electron chi connectivity index (χ4n) is 1.05. The van der Waals surface area contributed by atoms with Crippen LogP contribution >= 0.6 is 0 Å². The van der Waals surface area contributed by atoms with E-state index in [0.29, 0.717) is 5.56 Å². The second-order valence-electron chi connectivity index (χ2n) is 3.54. The summed E-state index contributed by atoms with van der Waals surface area (Å²) in [5, 5.41) is 0. The number of methoxy groups -OCH3 is 1. The van der Waals surface area contributed by atoms with E-state index in [-0.39, 0.29) is 5.97 Å². The molecule has 1 aromatic rings. The zero-order valence-electron chi connectivity index (χ0n) is 8.98. The fourth-order valence-corrected chi connectivity index (χ4v) is 1.05. The van der Waals surface area contributed by atoms with E-state index in [1.54, 1.807) is 24.3 Å². The van der Waals surface area contributed by atoms with Crippen molar-refractivity contribution >= 4 is 5.97 Å². The number of esters is 1. The van der Waals surface area contributed by atoms with Crippen LogP contribution in [0.1, 0.15) is 23.2 Å². The van der Waals surface area contributed by atoms with Crippen LogP contribution in [0.4, 0.5) is 0 Å². The highest BCUT2D eigenvalue weighted by atomic mass is 16.5. The van der Waals surface area contributed by atoms with E-state index >= 15 is 0 Å². The van der Waals surface area contributed by atoms with Crippen molar-refractivity contribution in [1.82, 2.24) is 0 Å². The molecule has 0 heterocycles. The molecular weight excluding hydrogens is 190 g/mol. The van der Waals surface area contributed by atoms with Gasteiger partial charge in [-0.3, -0.25) is 0 Å². The lowest BCUT2D eigenvalue weighted by Crippen LogP contribution is -1.99. The topological polar surface area (TPSA) is 52.3 Å². The molecule has 2 rings (SSSR count). The van der Waals surface area contributed by atoms with E-state index in [1.165, 1.54) is 20.0 Å². The maximum absolute atomic E-state index is 10.8. The number of carbonyl (C=O) groups is 1. The van der Waals surface area contributed by atoms with Crippen LogP contribution in [0.3, 0.4) is 0 Å². The summed E-state index contributed by atoms with van der Waals surface area (Å²) < 4.78 is 4.50. The van der Waals surface area contributed by atoms with Crippen molar-refractivity contribution in [3.63, 3.8) is 0 Å². The summed E-state index contributed by atoms with van der Waals surface area (Å²) in [6, 6.07) is 8.88. The monoisotopic (exact) mass is 207 g/mol. The molecule has 1 fully saturated rings. The van der Waals surface area contributed by atoms with Crippen molar-refractivity contribution < 1.29 is 9.53 Å². The van der Waals surface area contributed by atoms with E-state index in [0.717, 1.165) is 12.5 Å². The SMILES string of the molecule is COC(=O)c1ccccc1.NCC1CC1. The molecule has 3 heteroatoms. The fraction of sp³-hybridized carbons (Fsp3) is 0.417. The van der Waals surface area contributed by atoms with Crippen molar-refractivity contribution in [2.75, 3.05) is 13.7 Å². The van der Waals surface area contributed by atoms with E-state index in [1.807, 2.05) is 6.07 Å². The molecule has 0 amide bonds. The Hall–Kier alpha value is -1.35. The summed E-state index contributed by atoms with van der Waals surface area (Å²) in [5.41, 5.74) is 5.82. The lowest BCUT2D eigenvalue weighted by atomic mass is 10.2. The Balaban J connectivity index is 0.000000187. The standard InChI is InChI=1S/C8H8O2.C4H9N/c1-10-8(9)7-5-3-2-4-6-7;5-3-4-1-2-4/h2-6H,1H3;4H,1-3,5H2. The first kappa shape index (κ1) is 11.7. The molecule has 1 aliphatic carbocycles. The first-order valence-corrected chi connectivity index (χ1v) is 5.11. The van der Waals surface area contributed by atoms with Gasteiger partial charge in [-0.25, -0.2) is 4.79 Å². The van der Waals surface area contributed by atoms with Crippen molar-refractivity contribution in [3.05, 3.63) is 35.9 Å². The quantitative estimate of drug-likeness (QED) is 0.753. The van der Waals surface area contributed by atoms with Crippen molar-refractivity contribution in [2.24, 2.45) is 11.7 Å². The van der Waals surface area contributed by atoms with Crippen molar-refractivity contribution in [2.45, 2.75) is 12.8 Å². The normalized spacial score (nSPS) is 13.7. The van der Waals surface area contributed by atoms with E-state index in [2.05, 4.69) is 4.74 Å². The molecule has 82 valence electrons. The smallest absolute Gasteiger partial charge is 0.337 e. The molecule has 0 radical (unpaired) electrons. The van der Waals surface area contributed by atoms with Gasteiger partial charge in [0.1, 0.15) is 0 Å². The van der Waals surface area contributed by atoms with Crippen molar-refractivity contribution in [3.8, 4) is 0 Å². The molecule has 0 aliphatic heterocycles. The largest absolute Gasteiger partial charge is 0.465 e. The minimum atomic E-state index is -0.291. The van der Waals surface area contributed by atoms with Crippen LogP contribution in [0.2, 0.25) is 0 Å². The van der Waals surface area contributed by atoms with Gasteiger partial charge in [0.05, 0.1) is 12.7 Å². The summed E-state index contributed by atoms with van der Waals surface area (Å²) in [6.45, 7) is 0.917. The second-order valence-corrected chi connectivity index (χ2v) is 3.54. The lowest BCUT2D eigenvalue weighted by Gasteiger charge is -1.95. The first-order valence-electron chi connectivity index (χ1n) is 5.11. The van der Waals surface area contributed by atoms with Crippen LogP contribution in [-0.4, -0.2) is 19.6 Å². The average Bonchev–Trinajstić information content (AvgIpc) is 3.13. The number of benzene rings is 1. The maximum Gasteiger partial charge on any atom is 0.337 e. The van der Waals surface area contributed by atoms with Crippen LogP contribution < -0.4 is 5.73 Å². The zero-order valence-corrected chi connectivity index (χ0v) is 8.98. The molecule has 3 nitrogen and oxygen atoms in total. The molecule has 1 aromatic carbocycles. The third-order valence-electron chi connectivity index (χ3n) is 2.23. The van der Waals surface area contributed by atoms with Gasteiger partial charge in [0.25, 0.3) is 0 Å². The number of hydrogen-bond acceptors (Lipinski definition) is 3. The highest BCUT2D eigenvalue weighted by Gasteiger charge is 2.17. The molecule has 0 bridgehead atoms. The van der Waals surface area contributed by atoms with E-state index < -0.39 is 0 Å². The number of hydrogen-bond donors (Lipinski definition) is 1. The Labute approximate surface area is 90.2 Å². The summed E-state index contributed by atoms with van der Waals surface area (Å²) >= 11 is 0. The van der Waals surface area contributed by atoms with Gasteiger partial charge in [0.15, 0.2) is 0 Å². The molecule has 0 unspecified atom stereocenters. The highest BCUT2D eigenvalue weighted by Crippen LogP contribution is 2.26. The minimum Gasteiger partial charge on any atom is -0.465 e. The van der Waals surface area contributed by atoms with Crippen LogP contribution in [-0.2, 0) is 4.74 Å². The van der Waals surface area contributed by atoms with Crippen LogP contribution in [0.15, 0.2) is 30.3 Å². The molecular formula is C12H17NO2. The summed E-state index contributed by atoms with van der Waals surface area (Å²) in [7, 11) is 1.37. The summed E-state index contributed by atoms with van der Waals surface area (Å²) in [4.78, 5) is 10.8. The molecule has 1 saturated carbocycles.